The smallest absolute Gasteiger partial charge is 0.255 e. The van der Waals surface area contributed by atoms with Gasteiger partial charge in [0.1, 0.15) is 5.82 Å². The van der Waals surface area contributed by atoms with Crippen LogP contribution in [0.1, 0.15) is 22.8 Å². The molecule has 2 N–H and O–H groups in total. The predicted octanol–water partition coefficient (Wildman–Crippen LogP) is 1.84. The summed E-state index contributed by atoms with van der Waals surface area (Å²) >= 11 is 0. The molecule has 0 aliphatic heterocycles. The first-order chi connectivity index (χ1) is 9.31. The van der Waals surface area contributed by atoms with Crippen LogP contribution in [0.2, 0.25) is 0 Å². The van der Waals surface area contributed by atoms with Gasteiger partial charge < -0.3 is 10.6 Å². The molecule has 0 saturated heterocycles. The van der Waals surface area contributed by atoms with Crippen LogP contribution in [0, 0.1) is 0 Å². The van der Waals surface area contributed by atoms with Gasteiger partial charge in [-0.3, -0.25) is 9.78 Å². The van der Waals surface area contributed by atoms with Gasteiger partial charge in [0, 0.05) is 31.7 Å². The van der Waals surface area contributed by atoms with Crippen molar-refractivity contribution in [1.82, 2.24) is 15.3 Å². The van der Waals surface area contributed by atoms with E-state index in [2.05, 4.69) is 20.6 Å². The highest BCUT2D eigenvalue weighted by atomic mass is 16.1. The number of carbonyl (C=O) groups is 1. The molecule has 0 fully saturated rings. The molecule has 2 aromatic rings. The topological polar surface area (TPSA) is 66.9 Å². The maximum Gasteiger partial charge on any atom is 0.255 e. The summed E-state index contributed by atoms with van der Waals surface area (Å²) in [6.07, 6.45) is 5.10. The monoisotopic (exact) mass is 256 g/mol. The molecule has 0 aromatic carbocycles. The molecule has 0 aliphatic carbocycles. The van der Waals surface area contributed by atoms with E-state index in [4.69, 9.17) is 0 Å². The fraction of sp³-hybridized carbons (Fsp3) is 0.214. The Bertz CT molecular complexity index is 542. The van der Waals surface area contributed by atoms with Crippen LogP contribution in [0.3, 0.4) is 0 Å². The quantitative estimate of drug-likeness (QED) is 0.856. The summed E-state index contributed by atoms with van der Waals surface area (Å²) in [5.74, 6) is 0.460. The van der Waals surface area contributed by atoms with E-state index in [0.29, 0.717) is 17.9 Å². The number of carbonyl (C=O) groups excluding carboxylic acids is 1. The van der Waals surface area contributed by atoms with Gasteiger partial charge in [-0.15, -0.1) is 0 Å². The van der Waals surface area contributed by atoms with E-state index in [-0.39, 0.29) is 5.91 Å². The maximum atomic E-state index is 12.1. The lowest BCUT2D eigenvalue weighted by atomic mass is 10.2. The number of nitrogens with zero attached hydrogens (tertiary/aromatic N) is 2. The van der Waals surface area contributed by atoms with Crippen LogP contribution in [0.5, 0.6) is 0 Å². The molecule has 0 unspecified atom stereocenters. The third kappa shape index (κ3) is 3.51. The van der Waals surface area contributed by atoms with E-state index in [0.717, 1.165) is 12.1 Å². The van der Waals surface area contributed by atoms with Crippen molar-refractivity contribution in [3.63, 3.8) is 0 Å². The zero-order valence-electron chi connectivity index (χ0n) is 10.8. The Labute approximate surface area is 112 Å². The highest BCUT2D eigenvalue weighted by Gasteiger charge is 2.10. The van der Waals surface area contributed by atoms with E-state index in [1.807, 2.05) is 19.1 Å². The van der Waals surface area contributed by atoms with Crippen molar-refractivity contribution in [3.8, 4) is 0 Å². The van der Waals surface area contributed by atoms with Crippen LogP contribution >= 0.6 is 0 Å². The van der Waals surface area contributed by atoms with Crippen LogP contribution in [-0.2, 0) is 6.54 Å². The zero-order valence-corrected chi connectivity index (χ0v) is 10.8. The lowest BCUT2D eigenvalue weighted by molar-refractivity contribution is 0.0951. The van der Waals surface area contributed by atoms with Gasteiger partial charge in [-0.1, -0.05) is 6.07 Å². The molecule has 0 atom stereocenters. The molecule has 0 bridgehead atoms. The van der Waals surface area contributed by atoms with Crippen LogP contribution < -0.4 is 10.6 Å². The molecular formula is C14H16N4O. The van der Waals surface area contributed by atoms with Crippen molar-refractivity contribution in [3.05, 3.63) is 54.0 Å². The molecule has 2 rings (SSSR count). The Kier molecular flexibility index (Phi) is 4.44. The summed E-state index contributed by atoms with van der Waals surface area (Å²) in [6.45, 7) is 3.14. The maximum absolute atomic E-state index is 12.1. The third-order valence-electron chi connectivity index (χ3n) is 2.57. The minimum absolute atomic E-state index is 0.145. The number of nitrogens with one attached hydrogen (secondary N) is 2. The normalized spacial score (nSPS) is 9.95. The Hall–Kier alpha value is -2.43. The lowest BCUT2D eigenvalue weighted by Gasteiger charge is -2.09. The molecule has 0 aliphatic rings. The van der Waals surface area contributed by atoms with Gasteiger partial charge in [-0.05, 0) is 30.7 Å². The molecular weight excluding hydrogens is 240 g/mol. The van der Waals surface area contributed by atoms with Crippen molar-refractivity contribution < 1.29 is 4.79 Å². The van der Waals surface area contributed by atoms with E-state index >= 15 is 0 Å². The molecule has 2 aromatic heterocycles. The molecule has 5 heteroatoms. The number of rotatable bonds is 5. The number of amides is 1. The fourth-order valence-corrected chi connectivity index (χ4v) is 1.68. The molecule has 0 radical (unpaired) electrons. The van der Waals surface area contributed by atoms with Crippen molar-refractivity contribution in [2.24, 2.45) is 0 Å². The summed E-state index contributed by atoms with van der Waals surface area (Å²) in [7, 11) is 0. The zero-order chi connectivity index (χ0) is 13.5. The van der Waals surface area contributed by atoms with E-state index in [1.165, 1.54) is 0 Å². The van der Waals surface area contributed by atoms with Crippen LogP contribution in [-0.4, -0.2) is 22.4 Å². The summed E-state index contributed by atoms with van der Waals surface area (Å²) in [6, 6.07) is 7.26. The van der Waals surface area contributed by atoms with Gasteiger partial charge in [0.2, 0.25) is 0 Å². The first-order valence-electron chi connectivity index (χ1n) is 6.17. The Morgan fingerprint density at radius 2 is 2.11 bits per heavy atom. The minimum Gasteiger partial charge on any atom is -0.370 e. The van der Waals surface area contributed by atoms with Gasteiger partial charge in [0.25, 0.3) is 5.91 Å². The van der Waals surface area contributed by atoms with Gasteiger partial charge in [0.15, 0.2) is 0 Å². The molecule has 19 heavy (non-hydrogen) atoms. The van der Waals surface area contributed by atoms with Crippen LogP contribution in [0.15, 0.2) is 42.9 Å². The highest BCUT2D eigenvalue weighted by molar-refractivity contribution is 5.98. The summed E-state index contributed by atoms with van der Waals surface area (Å²) in [5.41, 5.74) is 1.51. The first-order valence-corrected chi connectivity index (χ1v) is 6.17. The summed E-state index contributed by atoms with van der Waals surface area (Å²) in [4.78, 5) is 20.3. The van der Waals surface area contributed by atoms with E-state index in [1.54, 1.807) is 30.7 Å². The molecule has 0 spiro atoms. The first kappa shape index (κ1) is 13.0. The number of pyridine rings is 2. The molecule has 1 amide bonds. The largest absolute Gasteiger partial charge is 0.370 e. The average molecular weight is 256 g/mol. The second-order valence-electron chi connectivity index (χ2n) is 3.97. The van der Waals surface area contributed by atoms with Gasteiger partial charge in [-0.25, -0.2) is 4.98 Å². The molecule has 98 valence electrons. The summed E-state index contributed by atoms with van der Waals surface area (Å²) in [5, 5.41) is 5.93. The predicted molar refractivity (Wildman–Crippen MR) is 73.8 cm³/mol. The molecule has 5 nitrogen and oxygen atoms in total. The number of hydrogen-bond acceptors (Lipinski definition) is 4. The van der Waals surface area contributed by atoms with Crippen LogP contribution in [0.4, 0.5) is 5.82 Å². The Morgan fingerprint density at radius 3 is 2.84 bits per heavy atom. The fourth-order valence-electron chi connectivity index (χ4n) is 1.68. The van der Waals surface area contributed by atoms with Crippen molar-refractivity contribution in [1.29, 1.82) is 0 Å². The standard InChI is InChI=1S/C14H16N4O/c1-2-16-13-12(6-4-8-17-13)14(19)18-10-11-5-3-7-15-9-11/h3-9H,2,10H2,1H3,(H,16,17)(H,18,19). The molecule has 2 heterocycles. The van der Waals surface area contributed by atoms with Crippen molar-refractivity contribution >= 4 is 11.7 Å². The Balaban J connectivity index is 2.04. The second kappa shape index (κ2) is 6.49. The highest BCUT2D eigenvalue weighted by Crippen LogP contribution is 2.11. The van der Waals surface area contributed by atoms with Gasteiger partial charge in [0.05, 0.1) is 5.56 Å². The average Bonchev–Trinajstić information content (AvgIpc) is 2.47. The van der Waals surface area contributed by atoms with Crippen LogP contribution in [0.25, 0.3) is 0 Å². The number of aromatic nitrogens is 2. The third-order valence-corrected chi connectivity index (χ3v) is 2.57. The Morgan fingerprint density at radius 1 is 1.26 bits per heavy atom. The second-order valence-corrected chi connectivity index (χ2v) is 3.97. The number of anilines is 1. The summed E-state index contributed by atoms with van der Waals surface area (Å²) < 4.78 is 0. The lowest BCUT2D eigenvalue weighted by Crippen LogP contribution is -2.24. The number of hydrogen-bond donors (Lipinski definition) is 2. The minimum atomic E-state index is -0.145. The van der Waals surface area contributed by atoms with Crippen molar-refractivity contribution in [2.75, 3.05) is 11.9 Å². The van der Waals surface area contributed by atoms with Crippen molar-refractivity contribution in [2.45, 2.75) is 13.5 Å². The molecule has 0 saturated carbocycles. The van der Waals surface area contributed by atoms with E-state index < -0.39 is 0 Å². The SMILES string of the molecule is CCNc1ncccc1C(=O)NCc1cccnc1. The van der Waals surface area contributed by atoms with Gasteiger partial charge in [-0.2, -0.15) is 0 Å². The van der Waals surface area contributed by atoms with E-state index in [9.17, 15) is 4.79 Å². The van der Waals surface area contributed by atoms with Gasteiger partial charge >= 0.3 is 0 Å².